The molecule has 0 bridgehead atoms. The number of hydrogen-bond acceptors (Lipinski definition) is 3. The Morgan fingerprint density at radius 2 is 2.05 bits per heavy atom. The lowest BCUT2D eigenvalue weighted by atomic mass is 10.1. The number of carbonyl (C=O) groups excluding carboxylic acids is 1. The maximum atomic E-state index is 13.2. The predicted octanol–water partition coefficient (Wildman–Crippen LogP) is 2.77. The first-order valence-electron chi connectivity index (χ1n) is 5.78. The van der Waals surface area contributed by atoms with E-state index < -0.39 is 11.7 Å². The molecule has 6 heteroatoms. The summed E-state index contributed by atoms with van der Waals surface area (Å²) in [7, 11) is 0. The molecule has 0 aliphatic heterocycles. The van der Waals surface area contributed by atoms with E-state index in [0.717, 1.165) is 0 Å². The van der Waals surface area contributed by atoms with Crippen LogP contribution in [-0.2, 0) is 6.61 Å². The van der Waals surface area contributed by atoms with Crippen molar-refractivity contribution in [1.82, 2.24) is 5.43 Å². The van der Waals surface area contributed by atoms with Crippen molar-refractivity contribution in [2.24, 2.45) is 5.84 Å². The highest BCUT2D eigenvalue weighted by Gasteiger charge is 2.10. The van der Waals surface area contributed by atoms with E-state index in [4.69, 9.17) is 10.6 Å². The maximum Gasteiger partial charge on any atom is 0.265 e. The zero-order valence-electron chi connectivity index (χ0n) is 10.4. The summed E-state index contributed by atoms with van der Waals surface area (Å²) in [5, 5.41) is 0. The third-order valence-corrected chi connectivity index (χ3v) is 3.08. The summed E-state index contributed by atoms with van der Waals surface area (Å²) in [6, 6.07) is 11.2. The third kappa shape index (κ3) is 3.55. The van der Waals surface area contributed by atoms with E-state index in [0.29, 0.717) is 21.3 Å². The van der Waals surface area contributed by atoms with Gasteiger partial charge in [-0.2, -0.15) is 0 Å². The van der Waals surface area contributed by atoms with Crippen LogP contribution in [0.2, 0.25) is 0 Å². The Kier molecular flexibility index (Phi) is 4.70. The summed E-state index contributed by atoms with van der Waals surface area (Å²) in [5.74, 6) is 4.70. The minimum atomic E-state index is -0.401. The first kappa shape index (κ1) is 14.5. The minimum Gasteiger partial charge on any atom is -0.489 e. The minimum absolute atomic E-state index is 0.138. The Hall–Kier alpha value is -1.92. The first-order chi connectivity index (χ1) is 9.60. The predicted molar refractivity (Wildman–Crippen MR) is 76.5 cm³/mol. The van der Waals surface area contributed by atoms with Crippen LogP contribution in [-0.4, -0.2) is 5.91 Å². The molecule has 0 heterocycles. The number of rotatable bonds is 4. The van der Waals surface area contributed by atoms with Crippen molar-refractivity contribution in [3.05, 3.63) is 63.9 Å². The molecule has 2 aromatic carbocycles. The van der Waals surface area contributed by atoms with Crippen LogP contribution in [0, 0.1) is 5.82 Å². The second-order valence-electron chi connectivity index (χ2n) is 4.02. The quantitative estimate of drug-likeness (QED) is 0.511. The van der Waals surface area contributed by atoms with Crippen LogP contribution in [0.5, 0.6) is 5.75 Å². The highest BCUT2D eigenvalue weighted by molar-refractivity contribution is 9.10. The van der Waals surface area contributed by atoms with Crippen LogP contribution in [0.3, 0.4) is 0 Å². The lowest BCUT2D eigenvalue weighted by Crippen LogP contribution is -2.30. The fourth-order valence-corrected chi connectivity index (χ4v) is 2.16. The second-order valence-corrected chi connectivity index (χ2v) is 4.94. The molecule has 0 spiro atoms. The van der Waals surface area contributed by atoms with Gasteiger partial charge in [0.05, 0.1) is 0 Å². The van der Waals surface area contributed by atoms with Gasteiger partial charge in [-0.15, -0.1) is 0 Å². The number of hydrazine groups is 1. The Bertz CT molecular complexity index is 614. The molecule has 20 heavy (non-hydrogen) atoms. The number of nitrogens with two attached hydrogens (primary N) is 1. The SMILES string of the molecule is NNC(=O)c1ccccc1COc1cc(F)cc(Br)c1. The van der Waals surface area contributed by atoms with Gasteiger partial charge in [-0.3, -0.25) is 10.2 Å². The standard InChI is InChI=1S/C14H12BrFN2O2/c15-10-5-11(16)7-12(6-10)20-8-9-3-1-2-4-13(9)14(19)18-17/h1-7H,8,17H2,(H,18,19). The topological polar surface area (TPSA) is 64.3 Å². The molecule has 2 aromatic rings. The van der Waals surface area contributed by atoms with E-state index in [2.05, 4.69) is 21.4 Å². The molecule has 0 aliphatic carbocycles. The Labute approximate surface area is 123 Å². The molecule has 0 aromatic heterocycles. The molecule has 3 N–H and O–H groups in total. The molecule has 0 radical (unpaired) electrons. The number of nitrogen functional groups attached to an aromatic ring is 1. The van der Waals surface area contributed by atoms with Gasteiger partial charge in [0.1, 0.15) is 18.2 Å². The fraction of sp³-hybridized carbons (Fsp3) is 0.0714. The van der Waals surface area contributed by atoms with Crippen LogP contribution in [0.25, 0.3) is 0 Å². The Morgan fingerprint density at radius 3 is 2.75 bits per heavy atom. The molecule has 0 atom stereocenters. The molecule has 2 rings (SSSR count). The maximum absolute atomic E-state index is 13.2. The number of hydrogen-bond donors (Lipinski definition) is 2. The third-order valence-electron chi connectivity index (χ3n) is 2.62. The average molecular weight is 339 g/mol. The summed E-state index contributed by atoms with van der Waals surface area (Å²) in [6.45, 7) is 0.138. The smallest absolute Gasteiger partial charge is 0.265 e. The Morgan fingerprint density at radius 1 is 1.30 bits per heavy atom. The lowest BCUT2D eigenvalue weighted by molar-refractivity contribution is 0.0951. The molecule has 0 fully saturated rings. The molecule has 104 valence electrons. The van der Waals surface area contributed by atoms with Crippen molar-refractivity contribution in [1.29, 1.82) is 0 Å². The van der Waals surface area contributed by atoms with Crippen molar-refractivity contribution < 1.29 is 13.9 Å². The number of nitrogens with one attached hydrogen (secondary N) is 1. The molecule has 0 aliphatic rings. The van der Waals surface area contributed by atoms with Crippen molar-refractivity contribution >= 4 is 21.8 Å². The van der Waals surface area contributed by atoms with E-state index in [1.807, 2.05) is 0 Å². The number of ether oxygens (including phenoxy) is 1. The van der Waals surface area contributed by atoms with Crippen molar-refractivity contribution in [3.63, 3.8) is 0 Å². The highest BCUT2D eigenvalue weighted by Crippen LogP contribution is 2.22. The summed E-state index contributed by atoms with van der Waals surface area (Å²) < 4.78 is 19.3. The van der Waals surface area contributed by atoms with Gasteiger partial charge in [-0.05, 0) is 18.2 Å². The van der Waals surface area contributed by atoms with Gasteiger partial charge in [0, 0.05) is 21.7 Å². The number of benzene rings is 2. The van der Waals surface area contributed by atoms with E-state index in [1.54, 1.807) is 30.3 Å². The average Bonchev–Trinajstić information content (AvgIpc) is 2.43. The van der Waals surface area contributed by atoms with E-state index >= 15 is 0 Å². The molecule has 1 amide bonds. The molecular formula is C14H12BrFN2O2. The van der Waals surface area contributed by atoms with Gasteiger partial charge < -0.3 is 4.74 Å². The van der Waals surface area contributed by atoms with Crippen molar-refractivity contribution in [2.75, 3.05) is 0 Å². The Balaban J connectivity index is 2.16. The lowest BCUT2D eigenvalue weighted by Gasteiger charge is -2.10. The zero-order chi connectivity index (χ0) is 14.5. The van der Waals surface area contributed by atoms with Gasteiger partial charge in [0.2, 0.25) is 0 Å². The fourth-order valence-electron chi connectivity index (χ4n) is 1.72. The molecule has 0 unspecified atom stereocenters. The number of carbonyl (C=O) groups is 1. The second kappa shape index (κ2) is 6.49. The van der Waals surface area contributed by atoms with E-state index in [9.17, 15) is 9.18 Å². The van der Waals surface area contributed by atoms with Crippen LogP contribution >= 0.6 is 15.9 Å². The summed E-state index contributed by atoms with van der Waals surface area (Å²) >= 11 is 3.19. The number of amides is 1. The van der Waals surface area contributed by atoms with Gasteiger partial charge in [0.15, 0.2) is 0 Å². The zero-order valence-corrected chi connectivity index (χ0v) is 12.0. The van der Waals surface area contributed by atoms with E-state index in [-0.39, 0.29) is 6.61 Å². The van der Waals surface area contributed by atoms with E-state index in [1.165, 1.54) is 12.1 Å². The molecule has 0 saturated carbocycles. The number of halogens is 2. The van der Waals surface area contributed by atoms with Gasteiger partial charge in [-0.25, -0.2) is 10.2 Å². The summed E-state index contributed by atoms with van der Waals surface area (Å²) in [4.78, 5) is 11.6. The summed E-state index contributed by atoms with van der Waals surface area (Å²) in [6.07, 6.45) is 0. The van der Waals surface area contributed by atoms with Gasteiger partial charge in [-0.1, -0.05) is 34.1 Å². The van der Waals surface area contributed by atoms with Crippen LogP contribution in [0.4, 0.5) is 4.39 Å². The van der Waals surface area contributed by atoms with Crippen LogP contribution in [0.1, 0.15) is 15.9 Å². The molecule has 4 nitrogen and oxygen atoms in total. The van der Waals surface area contributed by atoms with Crippen molar-refractivity contribution in [2.45, 2.75) is 6.61 Å². The van der Waals surface area contributed by atoms with Gasteiger partial charge in [0.25, 0.3) is 5.91 Å². The van der Waals surface area contributed by atoms with Gasteiger partial charge >= 0.3 is 0 Å². The first-order valence-corrected chi connectivity index (χ1v) is 6.57. The summed E-state index contributed by atoms with van der Waals surface area (Å²) in [5.41, 5.74) is 3.16. The van der Waals surface area contributed by atoms with Crippen LogP contribution in [0.15, 0.2) is 46.9 Å². The largest absolute Gasteiger partial charge is 0.489 e. The highest BCUT2D eigenvalue weighted by atomic mass is 79.9. The normalized spacial score (nSPS) is 10.2. The monoisotopic (exact) mass is 338 g/mol. The molecule has 0 saturated heterocycles. The molecular weight excluding hydrogens is 327 g/mol. The van der Waals surface area contributed by atoms with Crippen LogP contribution < -0.4 is 16.0 Å². The van der Waals surface area contributed by atoms with Crippen molar-refractivity contribution in [3.8, 4) is 5.75 Å².